The van der Waals surface area contributed by atoms with Crippen molar-refractivity contribution in [3.8, 4) is 11.8 Å². The monoisotopic (exact) mass is 304 g/mol. The predicted octanol–water partition coefficient (Wildman–Crippen LogP) is 2.09. The molecule has 0 saturated heterocycles. The normalized spacial score (nSPS) is 10.4. The van der Waals surface area contributed by atoms with Gasteiger partial charge in [-0.25, -0.2) is 0 Å². The van der Waals surface area contributed by atoms with Gasteiger partial charge in [-0.05, 0) is 0 Å². The number of aromatic nitrogens is 2. The summed E-state index contributed by atoms with van der Waals surface area (Å²) in [5.74, 6) is 0.956. The Morgan fingerprint density at radius 1 is 1.16 bits per heavy atom. The van der Waals surface area contributed by atoms with Crippen LogP contribution in [0, 0.1) is 0 Å². The van der Waals surface area contributed by atoms with Crippen LogP contribution in [0.4, 0.5) is 0 Å². The van der Waals surface area contributed by atoms with Crippen molar-refractivity contribution in [2.45, 2.75) is 10.1 Å². The van der Waals surface area contributed by atoms with Crippen LogP contribution < -0.4 is 12.3 Å². The summed E-state index contributed by atoms with van der Waals surface area (Å²) in [4.78, 5) is 9.64. The SMILES string of the molecule is COc1cc(OC)nc(Sc2cccc(Cl)[c]2[Na])n1. The molecule has 0 spiro atoms. The van der Waals surface area contributed by atoms with Crippen LogP contribution in [0.1, 0.15) is 0 Å². The predicted molar refractivity (Wildman–Crippen MR) is 76.1 cm³/mol. The fraction of sp³-hybridized carbons (Fsp3) is 0.167. The molecule has 1 aromatic carbocycles. The zero-order chi connectivity index (χ0) is 13.8. The van der Waals surface area contributed by atoms with Crippen molar-refractivity contribution in [1.82, 2.24) is 9.97 Å². The number of halogens is 1. The van der Waals surface area contributed by atoms with Crippen LogP contribution in [-0.2, 0) is 0 Å². The molecule has 0 atom stereocenters. The van der Waals surface area contributed by atoms with E-state index in [4.69, 9.17) is 21.1 Å². The van der Waals surface area contributed by atoms with Gasteiger partial charge in [0, 0.05) is 0 Å². The van der Waals surface area contributed by atoms with Crippen molar-refractivity contribution in [2.75, 3.05) is 14.2 Å². The second-order valence-electron chi connectivity index (χ2n) is 3.70. The first-order valence-electron chi connectivity index (χ1n) is 5.54. The molecule has 1 aromatic heterocycles. The molecular weight excluding hydrogens is 295 g/mol. The van der Waals surface area contributed by atoms with Crippen molar-refractivity contribution in [3.05, 3.63) is 29.3 Å². The third kappa shape index (κ3) is 3.77. The van der Waals surface area contributed by atoms with E-state index in [1.54, 1.807) is 20.3 Å². The Balaban J connectivity index is 2.34. The van der Waals surface area contributed by atoms with E-state index >= 15 is 0 Å². The molecule has 0 aliphatic carbocycles. The molecule has 2 rings (SSSR count). The molecule has 0 fully saturated rings. The van der Waals surface area contributed by atoms with Crippen LogP contribution in [0.5, 0.6) is 11.8 Å². The van der Waals surface area contributed by atoms with Gasteiger partial charge in [-0.1, -0.05) is 0 Å². The van der Waals surface area contributed by atoms with Gasteiger partial charge in [0.15, 0.2) is 0 Å². The minimum atomic E-state index is 0.478. The van der Waals surface area contributed by atoms with Gasteiger partial charge in [0.25, 0.3) is 0 Å². The van der Waals surface area contributed by atoms with Gasteiger partial charge in [-0.15, -0.1) is 0 Å². The van der Waals surface area contributed by atoms with Crippen LogP contribution in [0.15, 0.2) is 34.3 Å². The molecule has 0 saturated carbocycles. The van der Waals surface area contributed by atoms with E-state index in [1.807, 2.05) is 18.2 Å². The first-order chi connectivity index (χ1) is 9.13. The van der Waals surface area contributed by atoms with Crippen LogP contribution in [-0.4, -0.2) is 52.1 Å². The Labute approximate surface area is 138 Å². The number of rotatable bonds is 4. The summed E-state index contributed by atoms with van der Waals surface area (Å²) in [6, 6.07) is 7.46. The Morgan fingerprint density at radius 2 is 1.79 bits per heavy atom. The molecule has 19 heavy (non-hydrogen) atoms. The van der Waals surface area contributed by atoms with E-state index in [9.17, 15) is 0 Å². The van der Waals surface area contributed by atoms with Gasteiger partial charge in [-0.3, -0.25) is 0 Å². The molecule has 0 N–H and O–H groups in total. The molecule has 94 valence electrons. The standard InChI is InChI=1S/C12H10ClN2O2S.Na/c1-16-10-7-11(17-2)15-12(14-10)18-9-5-3-4-8(13)6-9;/h3-5,7H,1-2H3;. The number of hydrogen-bond acceptors (Lipinski definition) is 5. The molecule has 4 nitrogen and oxygen atoms in total. The molecular formula is C12H10ClN2NaO2S. The molecule has 0 radical (unpaired) electrons. The van der Waals surface area contributed by atoms with Gasteiger partial charge < -0.3 is 0 Å². The fourth-order valence-corrected chi connectivity index (χ4v) is 3.18. The van der Waals surface area contributed by atoms with Crippen LogP contribution in [0.25, 0.3) is 0 Å². The molecule has 0 bridgehead atoms. The summed E-state index contributed by atoms with van der Waals surface area (Å²) in [7, 11) is 3.13. The van der Waals surface area contributed by atoms with E-state index in [0.29, 0.717) is 16.9 Å². The van der Waals surface area contributed by atoms with Crippen LogP contribution in [0.2, 0.25) is 5.02 Å². The van der Waals surface area contributed by atoms with Gasteiger partial charge >= 0.3 is 139 Å². The van der Waals surface area contributed by atoms with E-state index in [-0.39, 0.29) is 0 Å². The molecule has 0 amide bonds. The van der Waals surface area contributed by atoms with E-state index in [2.05, 4.69) is 9.97 Å². The second-order valence-corrected chi connectivity index (χ2v) is 6.12. The fourth-order valence-electron chi connectivity index (χ4n) is 1.44. The van der Waals surface area contributed by atoms with Gasteiger partial charge in [-0.2, -0.15) is 0 Å². The summed E-state index contributed by atoms with van der Waals surface area (Å²) in [6.07, 6.45) is 0. The average Bonchev–Trinajstić information content (AvgIpc) is 2.43. The summed E-state index contributed by atoms with van der Waals surface area (Å²) in [5.41, 5.74) is 0. The number of hydrogen-bond donors (Lipinski definition) is 0. The minimum absolute atomic E-state index is 0.478. The van der Waals surface area contributed by atoms with Crippen LogP contribution >= 0.6 is 23.4 Å². The quantitative estimate of drug-likeness (QED) is 0.639. The van der Waals surface area contributed by atoms with Gasteiger partial charge in [0.05, 0.1) is 0 Å². The first-order valence-corrected chi connectivity index (χ1v) is 7.73. The van der Waals surface area contributed by atoms with E-state index in [1.165, 1.54) is 11.8 Å². The topological polar surface area (TPSA) is 44.2 Å². The van der Waals surface area contributed by atoms with Crippen molar-refractivity contribution in [2.24, 2.45) is 0 Å². The maximum absolute atomic E-state index is 6.13. The van der Waals surface area contributed by atoms with Crippen LogP contribution in [0.3, 0.4) is 0 Å². The Hall–Kier alpha value is -0.460. The summed E-state index contributed by atoms with van der Waals surface area (Å²) in [5, 5.41) is 1.36. The molecule has 0 aliphatic heterocycles. The molecule has 7 heteroatoms. The maximum atomic E-state index is 6.13. The molecule has 0 aliphatic rings. The van der Waals surface area contributed by atoms with Crippen molar-refractivity contribution >= 4 is 54.1 Å². The Bertz CT molecular complexity index is 576. The summed E-state index contributed by atoms with van der Waals surface area (Å²) >= 11 is 8.45. The number of nitrogens with zero attached hydrogens (tertiary/aromatic N) is 2. The summed E-state index contributed by atoms with van der Waals surface area (Å²) < 4.78 is 11.4. The van der Waals surface area contributed by atoms with Gasteiger partial charge in [0.2, 0.25) is 0 Å². The van der Waals surface area contributed by atoms with Crippen molar-refractivity contribution in [1.29, 1.82) is 0 Å². The molecule has 1 heterocycles. The number of benzene rings is 1. The van der Waals surface area contributed by atoms with Crippen molar-refractivity contribution in [3.63, 3.8) is 0 Å². The first kappa shape index (κ1) is 14.9. The molecule has 0 unspecified atom stereocenters. The third-order valence-corrected chi connectivity index (χ3v) is 5.69. The number of methoxy groups -OCH3 is 2. The zero-order valence-electron chi connectivity index (χ0n) is 10.8. The summed E-state index contributed by atoms with van der Waals surface area (Å²) in [6.45, 7) is 0. The van der Waals surface area contributed by atoms with E-state index < -0.39 is 0 Å². The molecule has 2 aromatic rings. The van der Waals surface area contributed by atoms with Crippen molar-refractivity contribution < 1.29 is 9.47 Å². The Kier molecular flexibility index (Phi) is 5.36. The van der Waals surface area contributed by atoms with Gasteiger partial charge in [0.1, 0.15) is 0 Å². The average molecular weight is 305 g/mol. The zero-order valence-corrected chi connectivity index (χ0v) is 14.4. The third-order valence-electron chi connectivity index (χ3n) is 2.50. The second kappa shape index (κ2) is 6.81. The Morgan fingerprint density at radius 3 is 2.37 bits per heavy atom. The number of ether oxygens (including phenoxy) is 2. The van der Waals surface area contributed by atoms with E-state index in [0.717, 1.165) is 40.7 Å².